The van der Waals surface area contributed by atoms with E-state index in [1.807, 2.05) is 20.8 Å². The van der Waals surface area contributed by atoms with Crippen LogP contribution >= 0.6 is 0 Å². The molecule has 5 nitrogen and oxygen atoms in total. The van der Waals surface area contributed by atoms with Gasteiger partial charge in [0.1, 0.15) is 5.60 Å². The first-order valence-electron chi connectivity index (χ1n) is 8.22. The normalized spacial score (nSPS) is 23.7. The summed E-state index contributed by atoms with van der Waals surface area (Å²) in [6.45, 7) is 16.4. The van der Waals surface area contributed by atoms with Crippen molar-refractivity contribution < 1.29 is 18.8 Å². The van der Waals surface area contributed by atoms with E-state index in [2.05, 4.69) is 50.5 Å². The lowest BCUT2D eigenvalue weighted by Gasteiger charge is -2.32. The zero-order valence-corrected chi connectivity index (χ0v) is 15.9. The maximum Gasteiger partial charge on any atom is 0.490 e. The van der Waals surface area contributed by atoms with E-state index in [1.165, 1.54) is 5.47 Å². The maximum atomic E-state index is 9.60. The highest BCUT2D eigenvalue weighted by molar-refractivity contribution is 6.54. The zero-order chi connectivity index (χ0) is 17.9. The SMILES string of the molecule is CC(C)(C)OC=O.CN1CC=C(B2OC(C)(C)C(C)(C)O2)CC1. The Balaban J connectivity index is 0.000000322. The highest BCUT2D eigenvalue weighted by Gasteiger charge is 2.52. The van der Waals surface area contributed by atoms with Gasteiger partial charge in [-0.25, -0.2) is 0 Å². The maximum absolute atomic E-state index is 9.60. The summed E-state index contributed by atoms with van der Waals surface area (Å²) in [5.74, 6) is 0. The van der Waals surface area contributed by atoms with Crippen LogP contribution in [0.1, 0.15) is 54.9 Å². The molecule has 2 aliphatic heterocycles. The molecule has 0 saturated carbocycles. The summed E-state index contributed by atoms with van der Waals surface area (Å²) in [7, 11) is 2.00. The van der Waals surface area contributed by atoms with Crippen molar-refractivity contribution in [2.75, 3.05) is 20.1 Å². The van der Waals surface area contributed by atoms with Gasteiger partial charge in [0.2, 0.25) is 0 Å². The Labute approximate surface area is 141 Å². The molecule has 0 aromatic heterocycles. The van der Waals surface area contributed by atoms with Crippen LogP contribution in [-0.4, -0.2) is 55.4 Å². The van der Waals surface area contributed by atoms with E-state index in [1.54, 1.807) is 0 Å². The molecule has 2 heterocycles. The average molecular weight is 325 g/mol. The van der Waals surface area contributed by atoms with Crippen LogP contribution in [0.3, 0.4) is 0 Å². The second-order valence-electron chi connectivity index (χ2n) is 8.21. The van der Waals surface area contributed by atoms with Crippen LogP contribution in [0.2, 0.25) is 0 Å². The summed E-state index contributed by atoms with van der Waals surface area (Å²) < 4.78 is 16.6. The molecule has 1 saturated heterocycles. The predicted octanol–water partition coefficient (Wildman–Crippen LogP) is 2.84. The van der Waals surface area contributed by atoms with Gasteiger partial charge in [0.15, 0.2) is 0 Å². The quantitative estimate of drug-likeness (QED) is 0.577. The number of nitrogens with zero attached hydrogens (tertiary/aromatic N) is 1. The molecule has 23 heavy (non-hydrogen) atoms. The highest BCUT2D eigenvalue weighted by Crippen LogP contribution is 2.39. The Bertz CT molecular complexity index is 424. The number of ether oxygens (including phenoxy) is 1. The molecule has 2 rings (SSSR count). The van der Waals surface area contributed by atoms with Crippen LogP contribution in [0, 0.1) is 0 Å². The molecule has 0 spiro atoms. The minimum absolute atomic E-state index is 0.140. The third kappa shape index (κ3) is 5.94. The monoisotopic (exact) mass is 325 g/mol. The van der Waals surface area contributed by atoms with E-state index in [4.69, 9.17) is 9.31 Å². The van der Waals surface area contributed by atoms with Gasteiger partial charge < -0.3 is 18.9 Å². The summed E-state index contributed by atoms with van der Waals surface area (Å²) >= 11 is 0. The molecule has 0 unspecified atom stereocenters. The number of hydrogen-bond acceptors (Lipinski definition) is 5. The van der Waals surface area contributed by atoms with E-state index >= 15 is 0 Å². The van der Waals surface area contributed by atoms with Crippen LogP contribution in [0.15, 0.2) is 11.5 Å². The Morgan fingerprint density at radius 1 is 1.22 bits per heavy atom. The van der Waals surface area contributed by atoms with Crippen molar-refractivity contribution in [3.8, 4) is 0 Å². The first kappa shape index (κ1) is 20.2. The van der Waals surface area contributed by atoms with Crippen molar-refractivity contribution in [3.63, 3.8) is 0 Å². The summed E-state index contributed by atoms with van der Waals surface area (Å²) in [6.07, 6.45) is 3.29. The number of carbonyl (C=O) groups is 1. The van der Waals surface area contributed by atoms with Gasteiger partial charge in [0.05, 0.1) is 11.2 Å². The zero-order valence-electron chi connectivity index (χ0n) is 15.9. The van der Waals surface area contributed by atoms with Gasteiger partial charge in [-0.3, -0.25) is 4.79 Å². The molecule has 0 aliphatic carbocycles. The van der Waals surface area contributed by atoms with Gasteiger partial charge in [0, 0.05) is 13.1 Å². The predicted molar refractivity (Wildman–Crippen MR) is 93.2 cm³/mol. The Hall–Kier alpha value is -0.845. The molecule has 0 aromatic rings. The number of carbonyl (C=O) groups excluding carboxylic acids is 1. The van der Waals surface area contributed by atoms with E-state index in [-0.39, 0.29) is 23.9 Å². The van der Waals surface area contributed by atoms with Gasteiger partial charge in [-0.1, -0.05) is 6.08 Å². The molecule has 0 amide bonds. The van der Waals surface area contributed by atoms with Crippen LogP contribution in [-0.2, 0) is 18.8 Å². The third-order valence-corrected chi connectivity index (χ3v) is 4.41. The fourth-order valence-electron chi connectivity index (χ4n) is 2.14. The van der Waals surface area contributed by atoms with Crippen LogP contribution in [0.5, 0.6) is 0 Å². The topological polar surface area (TPSA) is 48.0 Å². The molecule has 1 fully saturated rings. The molecule has 132 valence electrons. The van der Waals surface area contributed by atoms with Gasteiger partial charge in [-0.2, -0.15) is 0 Å². The van der Waals surface area contributed by atoms with E-state index in [0.29, 0.717) is 6.47 Å². The molecule has 0 N–H and O–H groups in total. The van der Waals surface area contributed by atoms with E-state index in [0.717, 1.165) is 19.5 Å². The number of rotatable bonds is 2. The number of likely N-dealkylation sites (N-methyl/N-ethyl adjacent to an activating group) is 1. The third-order valence-electron chi connectivity index (χ3n) is 4.41. The summed E-state index contributed by atoms with van der Waals surface area (Å²) in [6, 6.07) is 0. The van der Waals surface area contributed by atoms with Gasteiger partial charge in [-0.15, -0.1) is 0 Å². The summed E-state index contributed by atoms with van der Waals surface area (Å²) in [5.41, 5.74) is 0.544. The molecular weight excluding hydrogens is 293 g/mol. The van der Waals surface area contributed by atoms with Gasteiger partial charge in [-0.05, 0) is 67.4 Å². The first-order chi connectivity index (χ1) is 10.4. The molecule has 0 aromatic carbocycles. The Morgan fingerprint density at radius 3 is 2.04 bits per heavy atom. The van der Waals surface area contributed by atoms with Crippen LogP contribution in [0.25, 0.3) is 0 Å². The van der Waals surface area contributed by atoms with Crippen molar-refractivity contribution in [1.82, 2.24) is 4.90 Å². The smallest absolute Gasteiger partial charge is 0.462 e. The van der Waals surface area contributed by atoms with Crippen molar-refractivity contribution in [2.45, 2.75) is 71.7 Å². The fraction of sp³-hybridized carbons (Fsp3) is 0.824. The Morgan fingerprint density at radius 2 is 1.74 bits per heavy atom. The molecule has 6 heteroatoms. The van der Waals surface area contributed by atoms with Crippen molar-refractivity contribution in [1.29, 1.82) is 0 Å². The lowest BCUT2D eigenvalue weighted by molar-refractivity contribution is -0.138. The van der Waals surface area contributed by atoms with Crippen LogP contribution < -0.4 is 0 Å². The second-order valence-corrected chi connectivity index (χ2v) is 8.21. The second kappa shape index (κ2) is 7.37. The first-order valence-corrected chi connectivity index (χ1v) is 8.22. The molecule has 0 bridgehead atoms. The van der Waals surface area contributed by atoms with Gasteiger partial charge in [0.25, 0.3) is 6.47 Å². The molecule has 0 radical (unpaired) electrons. The summed E-state index contributed by atoms with van der Waals surface area (Å²) in [4.78, 5) is 11.9. The average Bonchev–Trinajstić information content (AvgIpc) is 2.58. The van der Waals surface area contributed by atoms with Crippen molar-refractivity contribution >= 4 is 13.6 Å². The van der Waals surface area contributed by atoms with Crippen molar-refractivity contribution in [2.24, 2.45) is 0 Å². The van der Waals surface area contributed by atoms with Gasteiger partial charge >= 0.3 is 7.12 Å². The standard InChI is InChI=1S/C12H22BNO2.C5H10O2/c1-11(2)12(3,4)16-13(15-11)10-6-8-14(5)9-7-10;1-5(2,3)7-4-6/h6H,7-9H2,1-5H3;4H,1-3H3. The lowest BCUT2D eigenvalue weighted by Crippen LogP contribution is -2.41. The molecule has 0 atom stereocenters. The van der Waals surface area contributed by atoms with Crippen LogP contribution in [0.4, 0.5) is 0 Å². The highest BCUT2D eigenvalue weighted by atomic mass is 16.7. The molecule has 2 aliphatic rings. The fourth-order valence-corrected chi connectivity index (χ4v) is 2.14. The summed E-state index contributed by atoms with van der Waals surface area (Å²) in [5, 5.41) is 0. The Kier molecular flexibility index (Phi) is 6.47. The largest absolute Gasteiger partial charge is 0.490 e. The number of hydrogen-bond donors (Lipinski definition) is 0. The van der Waals surface area contributed by atoms with E-state index in [9.17, 15) is 4.79 Å². The lowest BCUT2D eigenvalue weighted by atomic mass is 9.75. The van der Waals surface area contributed by atoms with Crippen molar-refractivity contribution in [3.05, 3.63) is 11.5 Å². The van der Waals surface area contributed by atoms with E-state index < -0.39 is 0 Å². The minimum Gasteiger partial charge on any atom is -0.462 e. The minimum atomic E-state index is -0.318. The molecular formula is C17H32BNO4.